The van der Waals surface area contributed by atoms with Crippen molar-refractivity contribution in [2.75, 3.05) is 45.6 Å². The summed E-state index contributed by atoms with van der Waals surface area (Å²) in [5, 5.41) is 0. The molecule has 0 bridgehead atoms. The van der Waals surface area contributed by atoms with Crippen LogP contribution in [0, 0.1) is 0 Å². The molecule has 110 valence electrons. The molecule has 1 saturated heterocycles. The van der Waals surface area contributed by atoms with Crippen LogP contribution in [0.25, 0.3) is 0 Å². The lowest BCUT2D eigenvalue weighted by atomic mass is 10.2. The van der Waals surface area contributed by atoms with Gasteiger partial charge in [-0.15, -0.1) is 0 Å². The van der Waals surface area contributed by atoms with E-state index in [1.54, 1.807) is 28.8 Å². The molecule has 0 radical (unpaired) electrons. The molecule has 2 rings (SSSR count). The van der Waals surface area contributed by atoms with Gasteiger partial charge in [-0.3, -0.25) is 14.5 Å². The van der Waals surface area contributed by atoms with Crippen molar-refractivity contribution >= 4 is 17.6 Å². The van der Waals surface area contributed by atoms with E-state index in [-0.39, 0.29) is 18.4 Å². The SMILES string of the molecule is COC(=O)CN1CCN(C(=O)c2cc(N)cn2C)CC1. The van der Waals surface area contributed by atoms with Crippen molar-refractivity contribution in [3.8, 4) is 0 Å². The first kappa shape index (κ1) is 14.4. The first-order chi connectivity index (χ1) is 9.51. The molecule has 1 aliphatic heterocycles. The van der Waals surface area contributed by atoms with Gasteiger partial charge in [-0.2, -0.15) is 0 Å². The Bertz CT molecular complexity index is 504. The monoisotopic (exact) mass is 280 g/mol. The van der Waals surface area contributed by atoms with E-state index in [0.29, 0.717) is 37.6 Å². The fourth-order valence-corrected chi connectivity index (χ4v) is 2.32. The zero-order valence-electron chi connectivity index (χ0n) is 11.8. The molecule has 0 saturated carbocycles. The summed E-state index contributed by atoms with van der Waals surface area (Å²) in [5.74, 6) is -0.276. The number of piperazine rings is 1. The van der Waals surface area contributed by atoms with Crippen molar-refractivity contribution in [3.63, 3.8) is 0 Å². The molecule has 7 heteroatoms. The number of methoxy groups -OCH3 is 1. The van der Waals surface area contributed by atoms with Crippen molar-refractivity contribution in [2.24, 2.45) is 7.05 Å². The molecule has 0 unspecified atom stereocenters. The molecule has 7 nitrogen and oxygen atoms in total. The van der Waals surface area contributed by atoms with E-state index >= 15 is 0 Å². The Balaban J connectivity index is 1.92. The van der Waals surface area contributed by atoms with Gasteiger partial charge in [-0.25, -0.2) is 0 Å². The number of hydrogen-bond donors (Lipinski definition) is 1. The number of aromatic nitrogens is 1. The van der Waals surface area contributed by atoms with Crippen molar-refractivity contribution in [1.82, 2.24) is 14.4 Å². The van der Waals surface area contributed by atoms with Crippen LogP contribution in [-0.4, -0.2) is 66.1 Å². The molecule has 2 heterocycles. The summed E-state index contributed by atoms with van der Waals surface area (Å²) in [4.78, 5) is 27.3. The number of hydrogen-bond acceptors (Lipinski definition) is 5. The van der Waals surface area contributed by atoms with Gasteiger partial charge in [-0.1, -0.05) is 0 Å². The zero-order valence-corrected chi connectivity index (χ0v) is 11.8. The van der Waals surface area contributed by atoms with E-state index in [9.17, 15) is 9.59 Å². The van der Waals surface area contributed by atoms with E-state index in [4.69, 9.17) is 5.73 Å². The number of anilines is 1. The third kappa shape index (κ3) is 3.11. The van der Waals surface area contributed by atoms with Crippen LogP contribution in [0.4, 0.5) is 5.69 Å². The Morgan fingerprint density at radius 2 is 1.95 bits per heavy atom. The molecular formula is C13H20N4O3. The number of ether oxygens (including phenoxy) is 1. The summed E-state index contributed by atoms with van der Waals surface area (Å²) >= 11 is 0. The van der Waals surface area contributed by atoms with Gasteiger partial charge in [0.15, 0.2) is 0 Å². The van der Waals surface area contributed by atoms with E-state index in [0.717, 1.165) is 0 Å². The van der Waals surface area contributed by atoms with Crippen LogP contribution in [0.3, 0.4) is 0 Å². The maximum Gasteiger partial charge on any atom is 0.319 e. The minimum absolute atomic E-state index is 0.0260. The number of aryl methyl sites for hydroxylation is 1. The molecule has 1 fully saturated rings. The predicted octanol–water partition coefficient (Wildman–Crippen LogP) is -0.462. The number of amides is 1. The first-order valence-electron chi connectivity index (χ1n) is 6.51. The zero-order chi connectivity index (χ0) is 14.7. The van der Waals surface area contributed by atoms with Crippen molar-refractivity contribution in [1.29, 1.82) is 0 Å². The molecule has 2 N–H and O–H groups in total. The number of carbonyl (C=O) groups is 2. The van der Waals surface area contributed by atoms with Crippen LogP contribution in [-0.2, 0) is 16.6 Å². The molecule has 0 atom stereocenters. The lowest BCUT2D eigenvalue weighted by molar-refractivity contribution is -0.142. The molecule has 1 amide bonds. The van der Waals surface area contributed by atoms with E-state index in [2.05, 4.69) is 4.74 Å². The Morgan fingerprint density at radius 1 is 1.30 bits per heavy atom. The average Bonchev–Trinajstić information content (AvgIpc) is 2.77. The van der Waals surface area contributed by atoms with Crippen molar-refractivity contribution < 1.29 is 14.3 Å². The van der Waals surface area contributed by atoms with Gasteiger partial charge in [-0.05, 0) is 6.07 Å². The molecule has 0 aliphatic carbocycles. The molecular weight excluding hydrogens is 260 g/mol. The first-order valence-corrected chi connectivity index (χ1v) is 6.51. The van der Waals surface area contributed by atoms with Crippen LogP contribution >= 0.6 is 0 Å². The number of rotatable bonds is 3. The highest BCUT2D eigenvalue weighted by molar-refractivity contribution is 5.93. The average molecular weight is 280 g/mol. The number of carbonyl (C=O) groups excluding carboxylic acids is 2. The van der Waals surface area contributed by atoms with Crippen LogP contribution in [0.2, 0.25) is 0 Å². The Hall–Kier alpha value is -2.02. The van der Waals surface area contributed by atoms with Crippen LogP contribution in [0.5, 0.6) is 0 Å². The highest BCUT2D eigenvalue weighted by Crippen LogP contribution is 2.13. The van der Waals surface area contributed by atoms with E-state index in [1.165, 1.54) is 7.11 Å². The van der Waals surface area contributed by atoms with Crippen molar-refractivity contribution in [2.45, 2.75) is 0 Å². The second-order valence-electron chi connectivity index (χ2n) is 4.91. The Labute approximate surface area is 117 Å². The summed E-state index contributed by atoms with van der Waals surface area (Å²) in [7, 11) is 3.18. The van der Waals surface area contributed by atoms with Crippen molar-refractivity contribution in [3.05, 3.63) is 18.0 Å². The molecule has 20 heavy (non-hydrogen) atoms. The van der Waals surface area contributed by atoms with Crippen LogP contribution in [0.1, 0.15) is 10.5 Å². The summed E-state index contributed by atoms with van der Waals surface area (Å²) < 4.78 is 6.37. The van der Waals surface area contributed by atoms with Gasteiger partial charge in [0.25, 0.3) is 5.91 Å². The normalized spacial score (nSPS) is 16.2. The Morgan fingerprint density at radius 3 is 2.45 bits per heavy atom. The number of nitrogens with two attached hydrogens (primary N) is 1. The number of nitrogens with zero attached hydrogens (tertiary/aromatic N) is 3. The third-order valence-electron chi connectivity index (χ3n) is 3.49. The third-order valence-corrected chi connectivity index (χ3v) is 3.49. The lowest BCUT2D eigenvalue weighted by Gasteiger charge is -2.34. The van der Waals surface area contributed by atoms with Gasteiger partial charge in [0.2, 0.25) is 0 Å². The molecule has 1 aromatic rings. The summed E-state index contributed by atoms with van der Waals surface area (Å²) in [5.41, 5.74) is 6.86. The second kappa shape index (κ2) is 5.96. The van der Waals surface area contributed by atoms with E-state index in [1.807, 2.05) is 4.90 Å². The van der Waals surface area contributed by atoms with Gasteiger partial charge >= 0.3 is 5.97 Å². The molecule has 1 aromatic heterocycles. The van der Waals surface area contributed by atoms with Gasteiger partial charge in [0.05, 0.1) is 19.3 Å². The quantitative estimate of drug-likeness (QED) is 0.758. The molecule has 0 aromatic carbocycles. The fourth-order valence-electron chi connectivity index (χ4n) is 2.32. The van der Waals surface area contributed by atoms with Crippen LogP contribution < -0.4 is 5.73 Å². The highest BCUT2D eigenvalue weighted by Gasteiger charge is 2.24. The second-order valence-corrected chi connectivity index (χ2v) is 4.91. The fraction of sp³-hybridized carbons (Fsp3) is 0.538. The topological polar surface area (TPSA) is 80.8 Å². The highest BCUT2D eigenvalue weighted by atomic mass is 16.5. The summed E-state index contributed by atoms with van der Waals surface area (Å²) in [6.45, 7) is 2.80. The van der Waals surface area contributed by atoms with Crippen LogP contribution in [0.15, 0.2) is 12.3 Å². The molecule has 1 aliphatic rings. The smallest absolute Gasteiger partial charge is 0.319 e. The largest absolute Gasteiger partial charge is 0.468 e. The Kier molecular flexibility index (Phi) is 4.29. The van der Waals surface area contributed by atoms with E-state index < -0.39 is 0 Å². The maximum absolute atomic E-state index is 12.4. The molecule has 0 spiro atoms. The minimum Gasteiger partial charge on any atom is -0.468 e. The minimum atomic E-state index is -0.250. The van der Waals surface area contributed by atoms with Gasteiger partial charge < -0.3 is 19.9 Å². The predicted molar refractivity (Wildman–Crippen MR) is 74.2 cm³/mol. The standard InChI is InChI=1S/C13H20N4O3/c1-15-8-10(14)7-11(15)13(19)17-5-3-16(4-6-17)9-12(18)20-2/h7-8H,3-6,9,14H2,1-2H3. The number of esters is 1. The van der Waals surface area contributed by atoms with Gasteiger partial charge in [0, 0.05) is 39.4 Å². The van der Waals surface area contributed by atoms with Gasteiger partial charge in [0.1, 0.15) is 5.69 Å². The number of nitrogen functional groups attached to an aromatic ring is 1. The summed E-state index contributed by atoms with van der Waals surface area (Å²) in [6.07, 6.45) is 1.72. The lowest BCUT2D eigenvalue weighted by Crippen LogP contribution is -2.50. The summed E-state index contributed by atoms with van der Waals surface area (Å²) in [6, 6.07) is 1.68. The maximum atomic E-state index is 12.4.